The zero-order chi connectivity index (χ0) is 12.6. The molecule has 0 amide bonds. The van der Waals surface area contributed by atoms with Crippen LogP contribution in [0.25, 0.3) is 0 Å². The van der Waals surface area contributed by atoms with Crippen LogP contribution in [0.1, 0.15) is 6.42 Å². The van der Waals surface area contributed by atoms with Gasteiger partial charge in [-0.15, -0.1) is 23.2 Å². The van der Waals surface area contributed by atoms with Crippen molar-refractivity contribution in [3.63, 3.8) is 0 Å². The highest BCUT2D eigenvalue weighted by Crippen LogP contribution is 2.48. The third-order valence-corrected chi connectivity index (χ3v) is 4.86. The van der Waals surface area contributed by atoms with Crippen LogP contribution >= 0.6 is 30.9 Å². The fourth-order valence-corrected chi connectivity index (χ4v) is 3.86. The molecular weight excluding hydrogens is 284 g/mol. The number of alkyl halides is 2. The molecule has 0 aromatic carbocycles. The summed E-state index contributed by atoms with van der Waals surface area (Å²) in [5.74, 6) is 0.873. The highest BCUT2D eigenvalue weighted by molar-refractivity contribution is 7.54. The number of hydrogen-bond acceptors (Lipinski definition) is 3. The molecule has 17 heavy (non-hydrogen) atoms. The number of rotatable bonds is 5. The lowest BCUT2D eigenvalue weighted by Crippen LogP contribution is -2.36. The molecule has 0 saturated carbocycles. The molecule has 2 heterocycles. The second-order valence-electron chi connectivity index (χ2n) is 3.70. The van der Waals surface area contributed by atoms with E-state index < -0.39 is 7.67 Å². The van der Waals surface area contributed by atoms with Crippen LogP contribution in [-0.2, 0) is 9.09 Å². The molecule has 2 aliphatic rings. The van der Waals surface area contributed by atoms with Crippen molar-refractivity contribution in [2.24, 2.45) is 0 Å². The summed E-state index contributed by atoms with van der Waals surface area (Å²) in [5, 5.41) is 5.85. The SMILES string of the molecule is C1CN1.O=P1(NCCCl)OCCCN1CCCl. The second kappa shape index (κ2) is 8.70. The zero-order valence-electron chi connectivity index (χ0n) is 9.83. The van der Waals surface area contributed by atoms with E-state index in [4.69, 9.17) is 27.7 Å². The maximum absolute atomic E-state index is 12.2. The molecule has 1 unspecified atom stereocenters. The van der Waals surface area contributed by atoms with Crippen LogP contribution in [0.3, 0.4) is 0 Å². The van der Waals surface area contributed by atoms with Crippen LogP contribution in [0.4, 0.5) is 0 Å². The van der Waals surface area contributed by atoms with Crippen molar-refractivity contribution in [1.29, 1.82) is 0 Å². The van der Waals surface area contributed by atoms with Gasteiger partial charge in [-0.2, -0.15) is 0 Å². The van der Waals surface area contributed by atoms with E-state index in [9.17, 15) is 4.57 Å². The molecule has 0 radical (unpaired) electrons. The molecule has 0 spiro atoms. The van der Waals surface area contributed by atoms with Crippen LogP contribution in [0, 0.1) is 0 Å². The van der Waals surface area contributed by atoms with Gasteiger partial charge in [0.05, 0.1) is 6.61 Å². The summed E-state index contributed by atoms with van der Waals surface area (Å²) in [6.45, 7) is 4.86. The lowest BCUT2D eigenvalue weighted by molar-refractivity contribution is 0.203. The van der Waals surface area contributed by atoms with Gasteiger partial charge in [0.15, 0.2) is 0 Å². The molecular formula is C9H20Cl2N3O2P. The maximum Gasteiger partial charge on any atom is 0.343 e. The summed E-state index contributed by atoms with van der Waals surface area (Å²) in [7, 11) is -2.84. The number of halogens is 2. The number of hydrogen-bond donors (Lipinski definition) is 2. The van der Waals surface area contributed by atoms with Crippen LogP contribution in [-0.4, -0.2) is 55.8 Å². The van der Waals surface area contributed by atoms with Gasteiger partial charge in [-0.05, 0) is 6.42 Å². The van der Waals surface area contributed by atoms with Gasteiger partial charge in [-0.1, -0.05) is 0 Å². The Morgan fingerprint density at radius 2 is 2.06 bits per heavy atom. The Bertz CT molecular complexity index is 252. The quantitative estimate of drug-likeness (QED) is 0.457. The summed E-state index contributed by atoms with van der Waals surface area (Å²) in [6, 6.07) is 0. The number of nitrogens with one attached hydrogen (secondary N) is 2. The highest BCUT2D eigenvalue weighted by atomic mass is 35.5. The average Bonchev–Trinajstić information content (AvgIpc) is 3.18. The molecule has 102 valence electrons. The van der Waals surface area contributed by atoms with Crippen LogP contribution < -0.4 is 10.4 Å². The third-order valence-electron chi connectivity index (χ3n) is 2.20. The van der Waals surface area contributed by atoms with E-state index >= 15 is 0 Å². The lowest BCUT2D eigenvalue weighted by Gasteiger charge is -2.34. The van der Waals surface area contributed by atoms with Crippen molar-refractivity contribution < 1.29 is 9.09 Å². The first-order valence-electron chi connectivity index (χ1n) is 5.81. The van der Waals surface area contributed by atoms with E-state index in [-0.39, 0.29) is 0 Å². The van der Waals surface area contributed by atoms with E-state index in [2.05, 4.69) is 10.4 Å². The second-order valence-corrected chi connectivity index (χ2v) is 6.63. The van der Waals surface area contributed by atoms with Crippen molar-refractivity contribution >= 4 is 30.9 Å². The number of nitrogens with zero attached hydrogens (tertiary/aromatic N) is 1. The fraction of sp³-hybridized carbons (Fsp3) is 1.00. The molecule has 2 aliphatic heterocycles. The van der Waals surface area contributed by atoms with Gasteiger partial charge in [0, 0.05) is 44.5 Å². The lowest BCUT2D eigenvalue weighted by atomic mass is 10.4. The molecule has 0 aromatic heterocycles. The van der Waals surface area contributed by atoms with Crippen molar-refractivity contribution in [3.8, 4) is 0 Å². The van der Waals surface area contributed by atoms with Gasteiger partial charge in [0.1, 0.15) is 0 Å². The molecule has 1 atom stereocenters. The van der Waals surface area contributed by atoms with Gasteiger partial charge in [0.25, 0.3) is 0 Å². The summed E-state index contributed by atoms with van der Waals surface area (Å²) < 4.78 is 19.2. The standard InChI is InChI=1S/C7H15Cl2N2O2P.C2H5N/c8-2-4-10-14(12)11(6-3-9)5-1-7-13-14;1-2-3-1/h1-7H2,(H,10,12);3H,1-2H2. The Labute approximate surface area is 113 Å². The normalized spacial score (nSPS) is 28.4. The van der Waals surface area contributed by atoms with E-state index in [0.717, 1.165) is 13.0 Å². The van der Waals surface area contributed by atoms with Gasteiger partial charge < -0.3 is 9.84 Å². The summed E-state index contributed by atoms with van der Waals surface area (Å²) in [5.41, 5.74) is 0. The maximum atomic E-state index is 12.2. The van der Waals surface area contributed by atoms with Crippen molar-refractivity contribution in [1.82, 2.24) is 15.1 Å². The largest absolute Gasteiger partial charge is 0.343 e. The Kier molecular flexibility index (Phi) is 8.04. The molecule has 2 saturated heterocycles. The molecule has 2 rings (SSSR count). The molecule has 5 nitrogen and oxygen atoms in total. The Morgan fingerprint density at radius 1 is 1.35 bits per heavy atom. The smallest absolute Gasteiger partial charge is 0.314 e. The van der Waals surface area contributed by atoms with Crippen LogP contribution in [0.5, 0.6) is 0 Å². The van der Waals surface area contributed by atoms with Gasteiger partial charge >= 0.3 is 7.67 Å². The van der Waals surface area contributed by atoms with Crippen molar-refractivity contribution in [3.05, 3.63) is 0 Å². The minimum Gasteiger partial charge on any atom is -0.314 e. The molecule has 2 N–H and O–H groups in total. The van der Waals surface area contributed by atoms with E-state index in [0.29, 0.717) is 31.5 Å². The first-order chi connectivity index (χ1) is 8.23. The Hall–Kier alpha value is 0.650. The predicted molar refractivity (Wildman–Crippen MR) is 72.1 cm³/mol. The van der Waals surface area contributed by atoms with Gasteiger partial charge in [-0.25, -0.2) is 9.76 Å². The third kappa shape index (κ3) is 6.39. The predicted octanol–water partition coefficient (Wildman–Crippen LogP) is 1.47. The van der Waals surface area contributed by atoms with Crippen LogP contribution in [0.15, 0.2) is 0 Å². The molecule has 0 aliphatic carbocycles. The molecule has 0 aromatic rings. The summed E-state index contributed by atoms with van der Waals surface area (Å²) >= 11 is 11.1. The van der Waals surface area contributed by atoms with Gasteiger partial charge in [-0.3, -0.25) is 4.57 Å². The average molecular weight is 304 g/mol. The zero-order valence-corrected chi connectivity index (χ0v) is 12.2. The highest BCUT2D eigenvalue weighted by Gasteiger charge is 2.33. The Morgan fingerprint density at radius 3 is 2.59 bits per heavy atom. The van der Waals surface area contributed by atoms with Crippen LogP contribution in [0.2, 0.25) is 0 Å². The van der Waals surface area contributed by atoms with Gasteiger partial charge in [0.2, 0.25) is 0 Å². The summed E-state index contributed by atoms with van der Waals surface area (Å²) in [4.78, 5) is 0. The first kappa shape index (κ1) is 15.7. The van der Waals surface area contributed by atoms with Crippen molar-refractivity contribution in [2.45, 2.75) is 6.42 Å². The first-order valence-corrected chi connectivity index (χ1v) is 8.45. The van der Waals surface area contributed by atoms with E-state index in [1.165, 1.54) is 13.1 Å². The van der Waals surface area contributed by atoms with E-state index in [1.807, 2.05) is 0 Å². The minimum atomic E-state index is -2.84. The topological polar surface area (TPSA) is 63.5 Å². The Balaban J connectivity index is 0.000000415. The fourth-order valence-electron chi connectivity index (χ4n) is 1.32. The molecule has 2 fully saturated rings. The minimum absolute atomic E-state index is 0.419. The summed E-state index contributed by atoms with van der Waals surface area (Å²) in [6.07, 6.45) is 0.892. The van der Waals surface area contributed by atoms with E-state index in [1.54, 1.807) is 4.67 Å². The molecule has 0 bridgehead atoms. The van der Waals surface area contributed by atoms with Crippen molar-refractivity contribution in [2.75, 3.05) is 51.1 Å². The monoisotopic (exact) mass is 303 g/mol. The molecule has 8 heteroatoms.